The zero-order valence-corrected chi connectivity index (χ0v) is 8.67. The Hall–Kier alpha value is -1.37. The molecule has 0 aromatic heterocycles. The maximum Gasteiger partial charge on any atom is 0.115 e. The Labute approximate surface area is 85.8 Å². The Morgan fingerprint density at radius 2 is 2.07 bits per heavy atom. The molecule has 0 amide bonds. The molecule has 1 heteroatoms. The van der Waals surface area contributed by atoms with Crippen molar-refractivity contribution in [3.63, 3.8) is 0 Å². The van der Waals surface area contributed by atoms with Crippen molar-refractivity contribution in [1.29, 1.82) is 0 Å². The molecule has 0 aromatic rings. The lowest BCUT2D eigenvalue weighted by atomic mass is 10.1. The van der Waals surface area contributed by atoms with Gasteiger partial charge in [-0.25, -0.2) is 4.39 Å². The average molecular weight is 192 g/mol. The van der Waals surface area contributed by atoms with Crippen LogP contribution in [0.2, 0.25) is 0 Å². The minimum absolute atomic E-state index is 0.492. The van der Waals surface area contributed by atoms with Crippen molar-refractivity contribution >= 4 is 0 Å². The van der Waals surface area contributed by atoms with Gasteiger partial charge < -0.3 is 0 Å². The minimum atomic E-state index is -0.492. The molecule has 0 aromatic carbocycles. The maximum absolute atomic E-state index is 12.5. The lowest BCUT2D eigenvalue weighted by Crippen LogP contribution is -1.86. The van der Waals surface area contributed by atoms with E-state index < -0.39 is 6.67 Å². The SMILES string of the molecule is C=C/C=C\C(=C)/C(=C/C=C\CC)CF. The van der Waals surface area contributed by atoms with E-state index in [-0.39, 0.29) is 0 Å². The van der Waals surface area contributed by atoms with Gasteiger partial charge in [-0.2, -0.15) is 0 Å². The molecule has 0 atom stereocenters. The van der Waals surface area contributed by atoms with Crippen LogP contribution >= 0.6 is 0 Å². The van der Waals surface area contributed by atoms with Crippen LogP contribution in [0.25, 0.3) is 0 Å². The molecule has 0 rings (SSSR count). The number of rotatable bonds is 6. The summed E-state index contributed by atoms with van der Waals surface area (Å²) in [6.07, 6.45) is 11.7. The van der Waals surface area contributed by atoms with Gasteiger partial charge in [0.15, 0.2) is 0 Å². The zero-order valence-electron chi connectivity index (χ0n) is 8.67. The van der Waals surface area contributed by atoms with Gasteiger partial charge in [0.2, 0.25) is 0 Å². The summed E-state index contributed by atoms with van der Waals surface area (Å²) in [7, 11) is 0. The topological polar surface area (TPSA) is 0 Å². The van der Waals surface area contributed by atoms with E-state index in [0.29, 0.717) is 11.1 Å². The van der Waals surface area contributed by atoms with Gasteiger partial charge in [-0.05, 0) is 17.6 Å². The molecule has 0 nitrogen and oxygen atoms in total. The molecular weight excluding hydrogens is 175 g/mol. The molecule has 0 radical (unpaired) electrons. The fourth-order valence-electron chi connectivity index (χ4n) is 0.849. The van der Waals surface area contributed by atoms with Crippen LogP contribution in [0.15, 0.2) is 60.8 Å². The normalized spacial score (nSPS) is 12.6. The minimum Gasteiger partial charge on any atom is -0.246 e. The molecule has 0 aliphatic rings. The van der Waals surface area contributed by atoms with Gasteiger partial charge in [-0.15, -0.1) is 0 Å². The highest BCUT2D eigenvalue weighted by molar-refractivity contribution is 5.40. The van der Waals surface area contributed by atoms with E-state index in [0.717, 1.165) is 6.42 Å². The lowest BCUT2D eigenvalue weighted by molar-refractivity contribution is 0.547. The molecule has 0 N–H and O–H groups in total. The van der Waals surface area contributed by atoms with E-state index in [1.54, 1.807) is 24.3 Å². The molecule has 0 fully saturated rings. The first kappa shape index (κ1) is 12.6. The fourth-order valence-corrected chi connectivity index (χ4v) is 0.849. The van der Waals surface area contributed by atoms with Crippen LogP contribution in [-0.4, -0.2) is 6.67 Å². The molecular formula is C13H17F. The quantitative estimate of drug-likeness (QED) is 0.555. The third kappa shape index (κ3) is 5.31. The Kier molecular flexibility index (Phi) is 7.43. The fraction of sp³-hybridized carbons (Fsp3) is 0.231. The summed E-state index contributed by atoms with van der Waals surface area (Å²) in [5.41, 5.74) is 1.29. The summed E-state index contributed by atoms with van der Waals surface area (Å²) in [5.74, 6) is 0. The molecule has 0 spiro atoms. The summed E-state index contributed by atoms with van der Waals surface area (Å²) in [4.78, 5) is 0. The molecule has 0 aliphatic heterocycles. The van der Waals surface area contributed by atoms with Crippen LogP contribution in [0.3, 0.4) is 0 Å². The van der Waals surface area contributed by atoms with Crippen molar-refractivity contribution in [3.8, 4) is 0 Å². The zero-order chi connectivity index (χ0) is 10.8. The predicted octanol–water partition coefficient (Wildman–Crippen LogP) is 4.15. The largest absolute Gasteiger partial charge is 0.246 e. The summed E-state index contributed by atoms with van der Waals surface area (Å²) >= 11 is 0. The van der Waals surface area contributed by atoms with E-state index in [9.17, 15) is 4.39 Å². The molecule has 0 bridgehead atoms. The molecule has 0 aliphatic carbocycles. The van der Waals surface area contributed by atoms with E-state index in [2.05, 4.69) is 13.2 Å². The van der Waals surface area contributed by atoms with E-state index in [4.69, 9.17) is 0 Å². The van der Waals surface area contributed by atoms with Crippen molar-refractivity contribution in [2.45, 2.75) is 13.3 Å². The highest BCUT2D eigenvalue weighted by Gasteiger charge is 1.96. The van der Waals surface area contributed by atoms with Crippen LogP contribution in [0.1, 0.15) is 13.3 Å². The van der Waals surface area contributed by atoms with Gasteiger partial charge in [-0.1, -0.05) is 56.5 Å². The second kappa shape index (κ2) is 8.24. The van der Waals surface area contributed by atoms with Crippen LogP contribution in [-0.2, 0) is 0 Å². The monoisotopic (exact) mass is 192 g/mol. The molecule has 0 saturated heterocycles. The third-order valence-electron chi connectivity index (χ3n) is 1.66. The Bertz CT molecular complexity index is 267. The smallest absolute Gasteiger partial charge is 0.115 e. The Balaban J connectivity index is 4.46. The van der Waals surface area contributed by atoms with Crippen molar-refractivity contribution in [2.75, 3.05) is 6.67 Å². The third-order valence-corrected chi connectivity index (χ3v) is 1.66. The highest BCUT2D eigenvalue weighted by atomic mass is 19.1. The second-order valence-electron chi connectivity index (χ2n) is 2.78. The van der Waals surface area contributed by atoms with Crippen LogP contribution < -0.4 is 0 Å². The van der Waals surface area contributed by atoms with Gasteiger partial charge >= 0.3 is 0 Å². The maximum atomic E-state index is 12.5. The van der Waals surface area contributed by atoms with E-state index in [1.807, 2.05) is 19.1 Å². The highest BCUT2D eigenvalue weighted by Crippen LogP contribution is 2.10. The van der Waals surface area contributed by atoms with Crippen LogP contribution in [0, 0.1) is 0 Å². The van der Waals surface area contributed by atoms with Crippen molar-refractivity contribution in [2.24, 2.45) is 0 Å². The summed E-state index contributed by atoms with van der Waals surface area (Å²) < 4.78 is 12.5. The van der Waals surface area contributed by atoms with Gasteiger partial charge in [0.05, 0.1) is 0 Å². The number of hydrogen-bond donors (Lipinski definition) is 0. The van der Waals surface area contributed by atoms with Crippen LogP contribution in [0.5, 0.6) is 0 Å². The van der Waals surface area contributed by atoms with E-state index >= 15 is 0 Å². The van der Waals surface area contributed by atoms with E-state index in [1.165, 1.54) is 0 Å². The van der Waals surface area contributed by atoms with Gasteiger partial charge in [0, 0.05) is 0 Å². The molecule has 0 unspecified atom stereocenters. The molecule has 14 heavy (non-hydrogen) atoms. The van der Waals surface area contributed by atoms with Crippen molar-refractivity contribution < 1.29 is 4.39 Å². The molecule has 76 valence electrons. The van der Waals surface area contributed by atoms with Crippen molar-refractivity contribution in [3.05, 3.63) is 60.8 Å². The summed E-state index contributed by atoms with van der Waals surface area (Å²) in [5, 5.41) is 0. The number of alkyl halides is 1. The van der Waals surface area contributed by atoms with Crippen molar-refractivity contribution in [1.82, 2.24) is 0 Å². The first-order chi connectivity index (χ1) is 6.76. The molecule has 0 heterocycles. The summed E-state index contributed by atoms with van der Waals surface area (Å²) in [6.45, 7) is 8.85. The Morgan fingerprint density at radius 1 is 1.36 bits per heavy atom. The lowest BCUT2D eigenvalue weighted by Gasteiger charge is -1.99. The Morgan fingerprint density at radius 3 is 2.57 bits per heavy atom. The summed E-state index contributed by atoms with van der Waals surface area (Å²) in [6, 6.07) is 0. The first-order valence-electron chi connectivity index (χ1n) is 4.66. The second-order valence-corrected chi connectivity index (χ2v) is 2.78. The van der Waals surface area contributed by atoms with Gasteiger partial charge in [0.25, 0.3) is 0 Å². The first-order valence-corrected chi connectivity index (χ1v) is 4.66. The number of hydrogen-bond acceptors (Lipinski definition) is 0. The number of allylic oxidation sites excluding steroid dienone is 8. The predicted molar refractivity (Wildman–Crippen MR) is 62.0 cm³/mol. The van der Waals surface area contributed by atoms with Gasteiger partial charge in [-0.3, -0.25) is 0 Å². The number of halogens is 1. The standard InChI is InChI=1S/C13H17F/c1-4-6-8-10-13(11-14)12(3)9-7-5-2/h5-10H,2-4,11H2,1H3/b8-6-,9-7-,13-10+. The van der Waals surface area contributed by atoms with Gasteiger partial charge in [0.1, 0.15) is 6.67 Å². The average Bonchev–Trinajstić information content (AvgIpc) is 2.21. The molecule has 0 saturated carbocycles. The van der Waals surface area contributed by atoms with Crippen LogP contribution in [0.4, 0.5) is 4.39 Å².